The first-order chi connectivity index (χ1) is 8.06. The van der Waals surface area contributed by atoms with E-state index in [0.717, 1.165) is 6.42 Å². The van der Waals surface area contributed by atoms with Crippen molar-refractivity contribution in [3.63, 3.8) is 0 Å². The molecule has 94 valence electrons. The molecule has 0 radical (unpaired) electrons. The van der Waals surface area contributed by atoms with Crippen LogP contribution < -0.4 is 16.6 Å². The van der Waals surface area contributed by atoms with E-state index >= 15 is 0 Å². The molecule has 1 aromatic carbocycles. The van der Waals surface area contributed by atoms with Gasteiger partial charge in [-0.25, -0.2) is 0 Å². The van der Waals surface area contributed by atoms with E-state index in [2.05, 4.69) is 24.6 Å². The maximum Gasteiger partial charge on any atom is 0.316 e. The van der Waals surface area contributed by atoms with Crippen LogP contribution in [0.5, 0.6) is 0 Å². The van der Waals surface area contributed by atoms with E-state index in [0.29, 0.717) is 23.8 Å². The monoisotopic (exact) mass is 238 g/mol. The summed E-state index contributed by atoms with van der Waals surface area (Å²) in [6, 6.07) is 4.98. The van der Waals surface area contributed by atoms with Crippen LogP contribution in [0.2, 0.25) is 0 Å². The van der Waals surface area contributed by atoms with E-state index < -0.39 is 4.92 Å². The quantitative estimate of drug-likeness (QED) is 0.402. The summed E-state index contributed by atoms with van der Waals surface area (Å²) >= 11 is 0. The summed E-state index contributed by atoms with van der Waals surface area (Å²) in [5, 5.41) is 14.0. The van der Waals surface area contributed by atoms with Gasteiger partial charge in [0.1, 0.15) is 11.4 Å². The van der Waals surface area contributed by atoms with E-state index in [-0.39, 0.29) is 5.69 Å². The number of nitro benzene ring substituents is 1. The van der Waals surface area contributed by atoms with Crippen molar-refractivity contribution in [2.45, 2.75) is 20.3 Å². The average Bonchev–Trinajstić information content (AvgIpc) is 2.27. The lowest BCUT2D eigenvalue weighted by molar-refractivity contribution is -0.383. The number of hydrogen-bond acceptors (Lipinski definition) is 5. The van der Waals surface area contributed by atoms with Crippen LogP contribution >= 0.6 is 0 Å². The van der Waals surface area contributed by atoms with E-state index in [1.54, 1.807) is 18.2 Å². The van der Waals surface area contributed by atoms with Gasteiger partial charge in [-0.2, -0.15) is 0 Å². The van der Waals surface area contributed by atoms with Gasteiger partial charge in [0, 0.05) is 6.54 Å². The lowest BCUT2D eigenvalue weighted by Gasteiger charge is -2.10. The number of benzene rings is 1. The highest BCUT2D eigenvalue weighted by Crippen LogP contribution is 2.32. The normalized spacial score (nSPS) is 10.4. The maximum atomic E-state index is 11.0. The van der Waals surface area contributed by atoms with Crippen LogP contribution in [0.1, 0.15) is 20.3 Å². The fraction of sp³-hybridized carbons (Fsp3) is 0.455. The Morgan fingerprint density at radius 1 is 1.41 bits per heavy atom. The van der Waals surface area contributed by atoms with Gasteiger partial charge < -0.3 is 10.7 Å². The van der Waals surface area contributed by atoms with Gasteiger partial charge in [0.15, 0.2) is 0 Å². The Labute approximate surface area is 100 Å². The second kappa shape index (κ2) is 6.05. The summed E-state index contributed by atoms with van der Waals surface area (Å²) in [7, 11) is 0. The molecule has 0 unspecified atom stereocenters. The van der Waals surface area contributed by atoms with Crippen LogP contribution in [-0.4, -0.2) is 11.5 Å². The molecule has 17 heavy (non-hydrogen) atoms. The van der Waals surface area contributed by atoms with Gasteiger partial charge in [-0.3, -0.25) is 16.0 Å². The lowest BCUT2D eigenvalue weighted by Crippen LogP contribution is -2.12. The highest BCUT2D eigenvalue weighted by Gasteiger charge is 2.18. The molecule has 0 spiro atoms. The molecule has 6 heteroatoms. The van der Waals surface area contributed by atoms with Crippen molar-refractivity contribution in [3.8, 4) is 0 Å². The molecule has 0 aliphatic heterocycles. The van der Waals surface area contributed by atoms with E-state index in [1.165, 1.54) is 0 Å². The molecule has 0 bridgehead atoms. The zero-order valence-corrected chi connectivity index (χ0v) is 10.1. The molecular weight excluding hydrogens is 220 g/mol. The number of nitrogens with zero attached hydrogens (tertiary/aromatic N) is 1. The summed E-state index contributed by atoms with van der Waals surface area (Å²) in [4.78, 5) is 10.5. The number of nitrogens with one attached hydrogen (secondary N) is 2. The summed E-state index contributed by atoms with van der Waals surface area (Å²) in [6.45, 7) is 4.91. The molecule has 0 aliphatic rings. The molecule has 0 saturated carbocycles. The molecule has 0 amide bonds. The summed E-state index contributed by atoms with van der Waals surface area (Å²) < 4.78 is 0. The van der Waals surface area contributed by atoms with Gasteiger partial charge in [0.25, 0.3) is 0 Å². The number of nitrogens with two attached hydrogens (primary N) is 1. The Morgan fingerprint density at radius 3 is 2.59 bits per heavy atom. The van der Waals surface area contributed by atoms with Crippen LogP contribution in [0.4, 0.5) is 17.1 Å². The zero-order valence-electron chi connectivity index (χ0n) is 10.1. The van der Waals surface area contributed by atoms with Crippen molar-refractivity contribution >= 4 is 17.1 Å². The fourth-order valence-corrected chi connectivity index (χ4v) is 1.49. The third-order valence-corrected chi connectivity index (χ3v) is 2.41. The predicted octanol–water partition coefficient (Wildman–Crippen LogP) is 2.34. The largest absolute Gasteiger partial charge is 0.379 e. The van der Waals surface area contributed by atoms with Crippen molar-refractivity contribution in [3.05, 3.63) is 28.3 Å². The van der Waals surface area contributed by atoms with Gasteiger partial charge in [-0.15, -0.1) is 0 Å². The van der Waals surface area contributed by atoms with Gasteiger partial charge in [0.05, 0.1) is 4.92 Å². The number of nitro groups is 1. The smallest absolute Gasteiger partial charge is 0.316 e. The maximum absolute atomic E-state index is 11.0. The number of anilines is 2. The second-order valence-corrected chi connectivity index (χ2v) is 4.21. The Hall–Kier alpha value is -1.82. The lowest BCUT2D eigenvalue weighted by atomic mass is 10.1. The Balaban J connectivity index is 2.87. The van der Waals surface area contributed by atoms with E-state index in [4.69, 9.17) is 5.84 Å². The first-order valence-corrected chi connectivity index (χ1v) is 5.54. The highest BCUT2D eigenvalue weighted by atomic mass is 16.6. The van der Waals surface area contributed by atoms with Gasteiger partial charge >= 0.3 is 5.69 Å². The molecule has 0 saturated heterocycles. The fourth-order valence-electron chi connectivity index (χ4n) is 1.49. The molecule has 1 rings (SSSR count). The zero-order chi connectivity index (χ0) is 12.8. The summed E-state index contributed by atoms with van der Waals surface area (Å²) in [5.74, 6) is 5.81. The minimum atomic E-state index is -0.438. The van der Waals surface area contributed by atoms with Crippen molar-refractivity contribution in [2.75, 3.05) is 17.3 Å². The van der Waals surface area contributed by atoms with Crippen molar-refractivity contribution < 1.29 is 4.92 Å². The molecule has 6 nitrogen and oxygen atoms in total. The first kappa shape index (κ1) is 13.2. The van der Waals surface area contributed by atoms with Gasteiger partial charge in [-0.05, 0) is 24.5 Å². The molecule has 4 N–H and O–H groups in total. The van der Waals surface area contributed by atoms with Crippen molar-refractivity contribution in [2.24, 2.45) is 11.8 Å². The van der Waals surface area contributed by atoms with Gasteiger partial charge in [-0.1, -0.05) is 19.9 Å². The van der Waals surface area contributed by atoms with E-state index in [1.807, 2.05) is 0 Å². The molecule has 0 heterocycles. The average molecular weight is 238 g/mol. The SMILES string of the molecule is CC(C)CCNc1cccc(NN)c1[N+](=O)[O-]. The molecular formula is C11H18N4O2. The molecule has 0 fully saturated rings. The minimum Gasteiger partial charge on any atom is -0.379 e. The van der Waals surface area contributed by atoms with Crippen LogP contribution in [0.3, 0.4) is 0 Å². The highest BCUT2D eigenvalue weighted by molar-refractivity contribution is 5.75. The second-order valence-electron chi connectivity index (χ2n) is 4.21. The topological polar surface area (TPSA) is 93.2 Å². The van der Waals surface area contributed by atoms with Crippen LogP contribution in [0, 0.1) is 16.0 Å². The van der Waals surface area contributed by atoms with Gasteiger partial charge in [0.2, 0.25) is 0 Å². The number of nitrogen functional groups attached to an aromatic ring is 1. The standard InChI is InChI=1S/C11H18N4O2/c1-8(2)6-7-13-9-4-3-5-10(14-12)11(9)15(16)17/h3-5,8,13-14H,6-7,12H2,1-2H3. The predicted molar refractivity (Wildman–Crippen MR) is 68.9 cm³/mol. The van der Waals surface area contributed by atoms with Crippen molar-refractivity contribution in [1.82, 2.24) is 0 Å². The third-order valence-electron chi connectivity index (χ3n) is 2.41. The van der Waals surface area contributed by atoms with E-state index in [9.17, 15) is 10.1 Å². The molecule has 0 aromatic heterocycles. The Bertz CT molecular complexity index is 393. The number of rotatable bonds is 6. The molecule has 0 aliphatic carbocycles. The Kier molecular flexibility index (Phi) is 4.71. The van der Waals surface area contributed by atoms with Crippen LogP contribution in [0.25, 0.3) is 0 Å². The van der Waals surface area contributed by atoms with Crippen LogP contribution in [0.15, 0.2) is 18.2 Å². The Morgan fingerprint density at radius 2 is 2.06 bits per heavy atom. The van der Waals surface area contributed by atoms with Crippen LogP contribution in [-0.2, 0) is 0 Å². The summed E-state index contributed by atoms with van der Waals surface area (Å²) in [5.41, 5.74) is 3.12. The number of hydrazine groups is 1. The number of para-hydroxylation sites is 1. The summed E-state index contributed by atoms with van der Waals surface area (Å²) in [6.07, 6.45) is 0.956. The van der Waals surface area contributed by atoms with Crippen molar-refractivity contribution in [1.29, 1.82) is 0 Å². The molecule has 1 aromatic rings. The molecule has 0 atom stereocenters. The third kappa shape index (κ3) is 3.60. The number of hydrogen-bond donors (Lipinski definition) is 3. The minimum absolute atomic E-state index is 0.0150. The first-order valence-electron chi connectivity index (χ1n) is 5.54.